The molecule has 0 N–H and O–H groups in total. The lowest BCUT2D eigenvalue weighted by atomic mass is 9.53. The van der Waals surface area contributed by atoms with Gasteiger partial charge in [0.05, 0.1) is 0 Å². The lowest BCUT2D eigenvalue weighted by Crippen LogP contribution is -2.44. The maximum absolute atomic E-state index is 2.67. The first kappa shape index (κ1) is 17.1. The van der Waals surface area contributed by atoms with Gasteiger partial charge in [0.2, 0.25) is 0 Å². The van der Waals surface area contributed by atoms with Crippen molar-refractivity contribution in [2.24, 2.45) is 51.2 Å². The summed E-state index contributed by atoms with van der Waals surface area (Å²) in [4.78, 5) is 0. The Morgan fingerprint density at radius 1 is 0.880 bits per heavy atom. The zero-order valence-electron chi connectivity index (χ0n) is 17.7. The second-order valence-electron chi connectivity index (χ2n) is 12.4. The van der Waals surface area contributed by atoms with Gasteiger partial charge in [-0.25, -0.2) is 0 Å². The fourth-order valence-electron chi connectivity index (χ4n) is 10.5. The van der Waals surface area contributed by atoms with Crippen LogP contribution in [0.2, 0.25) is 0 Å². The van der Waals surface area contributed by atoms with Crippen LogP contribution in [0.4, 0.5) is 0 Å². The highest BCUT2D eigenvalue weighted by molar-refractivity contribution is 5.32. The van der Waals surface area contributed by atoms with Crippen LogP contribution < -0.4 is 0 Å². The first-order valence-corrected chi connectivity index (χ1v) is 11.8. The minimum absolute atomic E-state index is 0.516. The van der Waals surface area contributed by atoms with Crippen molar-refractivity contribution in [1.29, 1.82) is 0 Å². The maximum atomic E-state index is 2.67. The predicted molar refractivity (Wildman–Crippen MR) is 106 cm³/mol. The molecule has 5 fully saturated rings. The molecule has 8 unspecified atom stereocenters. The summed E-state index contributed by atoms with van der Waals surface area (Å²) in [7, 11) is 0. The molecule has 8 atom stereocenters. The average molecular weight is 343 g/mol. The van der Waals surface area contributed by atoms with Crippen LogP contribution in [0.5, 0.6) is 0 Å². The van der Waals surface area contributed by atoms with E-state index < -0.39 is 0 Å². The van der Waals surface area contributed by atoms with E-state index in [2.05, 4.69) is 34.6 Å². The number of hydrogen-bond acceptors (Lipinski definition) is 0. The topological polar surface area (TPSA) is 0 Å². The van der Waals surface area contributed by atoms with Gasteiger partial charge in [0.25, 0.3) is 0 Å². The molecule has 5 aliphatic rings. The molecule has 1 spiro atoms. The minimum Gasteiger partial charge on any atom is -0.0654 e. The molecular weight excluding hydrogens is 300 g/mol. The predicted octanol–water partition coefficient (Wildman–Crippen LogP) is 7.47. The van der Waals surface area contributed by atoms with Crippen molar-refractivity contribution in [3.8, 4) is 0 Å². The molecule has 0 heteroatoms. The van der Waals surface area contributed by atoms with Crippen molar-refractivity contribution in [1.82, 2.24) is 0 Å². The zero-order valence-corrected chi connectivity index (χ0v) is 17.7. The summed E-state index contributed by atoms with van der Waals surface area (Å²) < 4.78 is 0. The SMILES string of the molecule is CCCC12C(C(C)(C)C)CCC13C1CCC4(C)CCCC4C1CCC32. The number of rotatable bonds is 2. The average Bonchev–Trinajstić information content (AvgIpc) is 2.84. The molecule has 5 saturated carbocycles. The van der Waals surface area contributed by atoms with Gasteiger partial charge in [-0.1, -0.05) is 47.5 Å². The van der Waals surface area contributed by atoms with Gasteiger partial charge in [-0.15, -0.1) is 0 Å². The quantitative estimate of drug-likeness (QED) is 0.488. The summed E-state index contributed by atoms with van der Waals surface area (Å²) in [6, 6.07) is 0. The normalized spacial score (nSPS) is 56.8. The van der Waals surface area contributed by atoms with Crippen LogP contribution >= 0.6 is 0 Å². The van der Waals surface area contributed by atoms with Crippen LogP contribution in [-0.2, 0) is 0 Å². The molecule has 5 rings (SSSR count). The zero-order chi connectivity index (χ0) is 17.7. The van der Waals surface area contributed by atoms with Crippen LogP contribution in [0.3, 0.4) is 0 Å². The Morgan fingerprint density at radius 3 is 2.40 bits per heavy atom. The van der Waals surface area contributed by atoms with Crippen molar-refractivity contribution >= 4 is 0 Å². The van der Waals surface area contributed by atoms with Crippen molar-refractivity contribution in [2.75, 3.05) is 0 Å². The summed E-state index contributed by atoms with van der Waals surface area (Å²) in [5, 5.41) is 0. The van der Waals surface area contributed by atoms with E-state index in [9.17, 15) is 0 Å². The molecule has 0 aliphatic heterocycles. The third-order valence-electron chi connectivity index (χ3n) is 10.9. The monoisotopic (exact) mass is 342 g/mol. The molecule has 25 heavy (non-hydrogen) atoms. The van der Waals surface area contributed by atoms with Crippen LogP contribution in [0.1, 0.15) is 105 Å². The lowest BCUT2D eigenvalue weighted by molar-refractivity contribution is -0.0270. The van der Waals surface area contributed by atoms with Gasteiger partial charge in [0.15, 0.2) is 0 Å². The maximum Gasteiger partial charge on any atom is -0.0168 e. The Kier molecular flexibility index (Phi) is 3.48. The highest BCUT2D eigenvalue weighted by atomic mass is 14.9. The van der Waals surface area contributed by atoms with Gasteiger partial charge in [0.1, 0.15) is 0 Å². The van der Waals surface area contributed by atoms with E-state index in [1.54, 1.807) is 57.8 Å². The molecule has 0 radical (unpaired) electrons. The fraction of sp³-hybridized carbons (Fsp3) is 1.00. The lowest BCUT2D eigenvalue weighted by Gasteiger charge is -2.52. The Hall–Kier alpha value is 0. The fourth-order valence-corrected chi connectivity index (χ4v) is 10.5. The third-order valence-corrected chi connectivity index (χ3v) is 10.9. The summed E-state index contributed by atoms with van der Waals surface area (Å²) >= 11 is 0. The Labute approximate surface area is 156 Å². The van der Waals surface area contributed by atoms with Gasteiger partial charge >= 0.3 is 0 Å². The van der Waals surface area contributed by atoms with Crippen molar-refractivity contribution in [3.05, 3.63) is 0 Å². The molecule has 0 aromatic rings. The van der Waals surface area contributed by atoms with Crippen molar-refractivity contribution in [2.45, 2.75) is 105 Å². The van der Waals surface area contributed by atoms with Gasteiger partial charge < -0.3 is 0 Å². The molecule has 5 aliphatic carbocycles. The van der Waals surface area contributed by atoms with Crippen molar-refractivity contribution < 1.29 is 0 Å². The second kappa shape index (κ2) is 5.08. The highest BCUT2D eigenvalue weighted by Gasteiger charge is 2.84. The first-order chi connectivity index (χ1) is 11.8. The summed E-state index contributed by atoms with van der Waals surface area (Å²) in [6.07, 6.45) is 17.1. The van der Waals surface area contributed by atoms with Crippen molar-refractivity contribution in [3.63, 3.8) is 0 Å². The molecule has 0 aromatic heterocycles. The molecule has 0 heterocycles. The number of fused-ring (bicyclic) bond motifs is 4. The molecule has 0 amide bonds. The van der Waals surface area contributed by atoms with E-state index in [0.29, 0.717) is 5.41 Å². The van der Waals surface area contributed by atoms with Gasteiger partial charge in [-0.3, -0.25) is 0 Å². The second-order valence-corrected chi connectivity index (χ2v) is 12.4. The van der Waals surface area contributed by atoms with Gasteiger partial charge in [-0.2, -0.15) is 0 Å². The van der Waals surface area contributed by atoms with Crippen LogP contribution in [0, 0.1) is 51.2 Å². The molecular formula is C25H42. The van der Waals surface area contributed by atoms with Crippen LogP contribution in [0.15, 0.2) is 0 Å². The summed E-state index contributed by atoms with van der Waals surface area (Å²) in [6.45, 7) is 12.8. The number of hydrogen-bond donors (Lipinski definition) is 0. The molecule has 0 bridgehead atoms. The molecule has 142 valence electrons. The van der Waals surface area contributed by atoms with E-state index >= 15 is 0 Å². The van der Waals surface area contributed by atoms with Crippen LogP contribution in [0.25, 0.3) is 0 Å². The highest BCUT2D eigenvalue weighted by Crippen LogP contribution is 2.90. The standard InChI is InChI=1S/C25H42/c1-6-13-25-20(22(2,3)4)12-16-24(25)19-11-15-23(5)14-7-8-18(23)17(19)9-10-21(24)25/h17-21H,6-16H2,1-5H3. The summed E-state index contributed by atoms with van der Waals surface area (Å²) in [5.41, 5.74) is 2.80. The van der Waals surface area contributed by atoms with E-state index in [-0.39, 0.29) is 0 Å². The molecule has 0 nitrogen and oxygen atoms in total. The van der Waals surface area contributed by atoms with E-state index in [0.717, 1.165) is 45.8 Å². The Bertz CT molecular complexity index is 555. The smallest absolute Gasteiger partial charge is 0.0168 e. The van der Waals surface area contributed by atoms with Gasteiger partial charge in [0, 0.05) is 0 Å². The summed E-state index contributed by atoms with van der Waals surface area (Å²) in [5.74, 6) is 5.43. The minimum atomic E-state index is 0.516. The van der Waals surface area contributed by atoms with E-state index in [1.165, 1.54) is 12.8 Å². The Balaban J connectivity index is 1.53. The van der Waals surface area contributed by atoms with E-state index in [4.69, 9.17) is 0 Å². The molecule has 0 saturated heterocycles. The molecule has 0 aromatic carbocycles. The van der Waals surface area contributed by atoms with Crippen LogP contribution in [-0.4, -0.2) is 0 Å². The van der Waals surface area contributed by atoms with Gasteiger partial charge in [-0.05, 0) is 109 Å². The van der Waals surface area contributed by atoms with E-state index in [1.807, 2.05) is 0 Å². The largest absolute Gasteiger partial charge is 0.0654 e. The third kappa shape index (κ3) is 1.86. The Morgan fingerprint density at radius 2 is 1.68 bits per heavy atom. The first-order valence-electron chi connectivity index (χ1n) is 11.8.